The predicted molar refractivity (Wildman–Crippen MR) is 78.9 cm³/mol. The van der Waals surface area contributed by atoms with Crippen LogP contribution in [0.5, 0.6) is 5.75 Å². The van der Waals surface area contributed by atoms with Crippen LogP contribution >= 0.6 is 31.9 Å². The standard InChI is InChI=1S/C14H11Br2FO2/c1-19-13-5-2-8(6-12(13)16)14(18)10-7-9(17)3-4-11(10)15/h2-7,14,18H,1H3. The van der Waals surface area contributed by atoms with Crippen LogP contribution in [0.1, 0.15) is 17.2 Å². The number of aliphatic hydroxyl groups excluding tert-OH is 1. The van der Waals surface area contributed by atoms with Crippen LogP contribution in [0.4, 0.5) is 4.39 Å². The van der Waals surface area contributed by atoms with E-state index >= 15 is 0 Å². The van der Waals surface area contributed by atoms with Gasteiger partial charge in [-0.15, -0.1) is 0 Å². The topological polar surface area (TPSA) is 29.5 Å². The summed E-state index contributed by atoms with van der Waals surface area (Å²) in [4.78, 5) is 0. The minimum absolute atomic E-state index is 0.384. The summed E-state index contributed by atoms with van der Waals surface area (Å²) in [7, 11) is 1.57. The molecule has 0 spiro atoms. The molecule has 0 aromatic heterocycles. The third-order valence-corrected chi connectivity index (χ3v) is 4.09. The Labute approximate surface area is 127 Å². The Kier molecular flexibility index (Phi) is 4.60. The molecule has 0 radical (unpaired) electrons. The van der Waals surface area contributed by atoms with Crippen molar-refractivity contribution in [2.24, 2.45) is 0 Å². The van der Waals surface area contributed by atoms with E-state index in [1.807, 2.05) is 0 Å². The van der Waals surface area contributed by atoms with Gasteiger partial charge in [0, 0.05) is 10.0 Å². The molecule has 0 heterocycles. The van der Waals surface area contributed by atoms with E-state index < -0.39 is 6.10 Å². The lowest BCUT2D eigenvalue weighted by Crippen LogP contribution is -2.02. The van der Waals surface area contributed by atoms with Crippen LogP contribution in [0.2, 0.25) is 0 Å². The summed E-state index contributed by atoms with van der Waals surface area (Å²) in [6.07, 6.45) is -0.910. The lowest BCUT2D eigenvalue weighted by Gasteiger charge is -2.15. The number of hydrogen-bond donors (Lipinski definition) is 1. The second-order valence-electron chi connectivity index (χ2n) is 3.96. The second-order valence-corrected chi connectivity index (χ2v) is 5.67. The lowest BCUT2D eigenvalue weighted by molar-refractivity contribution is 0.219. The molecule has 0 amide bonds. The van der Waals surface area contributed by atoms with Gasteiger partial charge in [-0.2, -0.15) is 0 Å². The van der Waals surface area contributed by atoms with E-state index in [4.69, 9.17) is 4.74 Å². The van der Waals surface area contributed by atoms with Crippen LogP contribution in [0, 0.1) is 5.82 Å². The van der Waals surface area contributed by atoms with Crippen LogP contribution < -0.4 is 4.74 Å². The van der Waals surface area contributed by atoms with E-state index in [0.717, 1.165) is 4.47 Å². The Morgan fingerprint density at radius 2 is 1.84 bits per heavy atom. The van der Waals surface area contributed by atoms with Crippen molar-refractivity contribution in [3.8, 4) is 5.75 Å². The second kappa shape index (κ2) is 6.03. The average Bonchev–Trinajstić information content (AvgIpc) is 2.40. The maximum absolute atomic E-state index is 13.3. The molecule has 0 saturated heterocycles. The van der Waals surface area contributed by atoms with Crippen molar-refractivity contribution < 1.29 is 14.2 Å². The number of ether oxygens (including phenoxy) is 1. The smallest absolute Gasteiger partial charge is 0.133 e. The van der Waals surface area contributed by atoms with Gasteiger partial charge in [0.2, 0.25) is 0 Å². The Bertz CT molecular complexity index is 602. The van der Waals surface area contributed by atoms with Crippen molar-refractivity contribution in [2.45, 2.75) is 6.10 Å². The Hall–Kier alpha value is -0.910. The van der Waals surface area contributed by atoms with E-state index in [1.165, 1.54) is 12.1 Å². The summed E-state index contributed by atoms with van der Waals surface area (Å²) in [5.74, 6) is 0.291. The van der Waals surface area contributed by atoms with Crippen LogP contribution in [0.25, 0.3) is 0 Å². The van der Waals surface area contributed by atoms with Crippen molar-refractivity contribution in [2.75, 3.05) is 7.11 Å². The molecule has 5 heteroatoms. The fraction of sp³-hybridized carbons (Fsp3) is 0.143. The number of methoxy groups -OCH3 is 1. The zero-order chi connectivity index (χ0) is 14.0. The van der Waals surface area contributed by atoms with Gasteiger partial charge in [0.25, 0.3) is 0 Å². The molecule has 1 unspecified atom stereocenters. The first-order chi connectivity index (χ1) is 9.02. The molecule has 2 rings (SSSR count). The number of aliphatic hydroxyl groups is 1. The molecular formula is C14H11Br2FO2. The summed E-state index contributed by atoms with van der Waals surface area (Å²) in [6, 6.07) is 9.46. The Morgan fingerprint density at radius 1 is 1.11 bits per heavy atom. The van der Waals surface area contributed by atoms with Crippen molar-refractivity contribution >= 4 is 31.9 Å². The molecule has 2 nitrogen and oxygen atoms in total. The molecule has 1 atom stereocenters. The average molecular weight is 390 g/mol. The lowest BCUT2D eigenvalue weighted by atomic mass is 10.0. The van der Waals surface area contributed by atoms with Crippen molar-refractivity contribution in [3.63, 3.8) is 0 Å². The van der Waals surface area contributed by atoms with Crippen LogP contribution in [-0.4, -0.2) is 12.2 Å². The van der Waals surface area contributed by atoms with Crippen LogP contribution in [-0.2, 0) is 0 Å². The van der Waals surface area contributed by atoms with E-state index in [0.29, 0.717) is 21.3 Å². The van der Waals surface area contributed by atoms with Crippen LogP contribution in [0.3, 0.4) is 0 Å². The van der Waals surface area contributed by atoms with Crippen molar-refractivity contribution in [1.82, 2.24) is 0 Å². The zero-order valence-electron chi connectivity index (χ0n) is 10.0. The minimum atomic E-state index is -0.910. The Balaban J connectivity index is 2.41. The van der Waals surface area contributed by atoms with Gasteiger partial charge in [0.05, 0.1) is 11.6 Å². The minimum Gasteiger partial charge on any atom is -0.496 e. The monoisotopic (exact) mass is 388 g/mol. The summed E-state index contributed by atoms with van der Waals surface area (Å²) in [5.41, 5.74) is 1.14. The number of rotatable bonds is 3. The van der Waals surface area contributed by atoms with Crippen molar-refractivity contribution in [1.29, 1.82) is 0 Å². The van der Waals surface area contributed by atoms with Gasteiger partial charge >= 0.3 is 0 Å². The maximum Gasteiger partial charge on any atom is 0.133 e. The first-order valence-electron chi connectivity index (χ1n) is 5.49. The summed E-state index contributed by atoms with van der Waals surface area (Å²) >= 11 is 6.67. The molecule has 2 aromatic carbocycles. The Morgan fingerprint density at radius 3 is 2.47 bits per heavy atom. The number of hydrogen-bond acceptors (Lipinski definition) is 2. The fourth-order valence-corrected chi connectivity index (χ4v) is 2.78. The predicted octanol–water partition coefficient (Wildman–Crippen LogP) is 4.44. The van der Waals surface area contributed by atoms with Gasteiger partial charge in [0.1, 0.15) is 17.7 Å². The first-order valence-corrected chi connectivity index (χ1v) is 7.08. The molecule has 2 aromatic rings. The highest BCUT2D eigenvalue weighted by molar-refractivity contribution is 9.10. The van der Waals surface area contributed by atoms with Crippen LogP contribution in [0.15, 0.2) is 45.3 Å². The first kappa shape index (κ1) is 14.5. The molecule has 0 aliphatic heterocycles. The zero-order valence-corrected chi connectivity index (χ0v) is 13.2. The van der Waals surface area contributed by atoms with E-state index in [2.05, 4.69) is 31.9 Å². The number of halogens is 3. The number of benzene rings is 2. The third-order valence-electron chi connectivity index (χ3n) is 2.74. The van der Waals surface area contributed by atoms with E-state index in [-0.39, 0.29) is 5.82 Å². The molecule has 0 fully saturated rings. The van der Waals surface area contributed by atoms with Crippen molar-refractivity contribution in [3.05, 3.63) is 62.3 Å². The summed E-state index contributed by atoms with van der Waals surface area (Å²) in [6.45, 7) is 0. The molecular weight excluding hydrogens is 379 g/mol. The molecule has 0 saturated carbocycles. The quantitative estimate of drug-likeness (QED) is 0.840. The van der Waals surface area contributed by atoms with Gasteiger partial charge in [-0.25, -0.2) is 4.39 Å². The van der Waals surface area contributed by atoms with Gasteiger partial charge in [0.15, 0.2) is 0 Å². The summed E-state index contributed by atoms with van der Waals surface area (Å²) in [5, 5.41) is 10.3. The highest BCUT2D eigenvalue weighted by Crippen LogP contribution is 2.33. The highest BCUT2D eigenvalue weighted by atomic mass is 79.9. The van der Waals surface area contributed by atoms with Gasteiger partial charge in [-0.1, -0.05) is 22.0 Å². The highest BCUT2D eigenvalue weighted by Gasteiger charge is 2.16. The largest absolute Gasteiger partial charge is 0.496 e. The summed E-state index contributed by atoms with van der Waals surface area (Å²) < 4.78 is 19.8. The molecule has 1 N–H and O–H groups in total. The third kappa shape index (κ3) is 3.16. The molecule has 0 aliphatic carbocycles. The van der Waals surface area contributed by atoms with E-state index in [9.17, 15) is 9.50 Å². The SMILES string of the molecule is COc1ccc(C(O)c2cc(F)ccc2Br)cc1Br. The van der Waals surface area contributed by atoms with Gasteiger partial charge in [-0.3, -0.25) is 0 Å². The van der Waals surface area contributed by atoms with E-state index in [1.54, 1.807) is 31.4 Å². The normalized spacial score (nSPS) is 12.3. The molecule has 19 heavy (non-hydrogen) atoms. The molecule has 100 valence electrons. The fourth-order valence-electron chi connectivity index (χ4n) is 1.76. The van der Waals surface area contributed by atoms with Gasteiger partial charge < -0.3 is 9.84 Å². The molecule has 0 aliphatic rings. The molecule has 0 bridgehead atoms. The maximum atomic E-state index is 13.3. The van der Waals surface area contributed by atoms with Gasteiger partial charge in [-0.05, 0) is 51.8 Å².